The third kappa shape index (κ3) is 6.33. The van der Waals surface area contributed by atoms with Crippen molar-refractivity contribution in [3.63, 3.8) is 0 Å². The third-order valence-corrected chi connectivity index (χ3v) is 5.81. The first-order chi connectivity index (χ1) is 15.7. The first kappa shape index (κ1) is 23.8. The molecule has 3 aromatic rings. The second-order valence-electron chi connectivity index (χ2n) is 8.11. The van der Waals surface area contributed by atoms with Gasteiger partial charge in [-0.25, -0.2) is 4.39 Å². The summed E-state index contributed by atoms with van der Waals surface area (Å²) < 4.78 is 25.8. The van der Waals surface area contributed by atoms with Gasteiger partial charge in [0.25, 0.3) is 0 Å². The number of hydrogen-bond acceptors (Lipinski definition) is 3. The highest BCUT2D eigenvalue weighted by molar-refractivity contribution is 5.47. The molecule has 1 unspecified atom stereocenters. The number of alkyl halides is 1. The highest BCUT2D eigenvalue weighted by Crippen LogP contribution is 2.32. The smallest absolute Gasteiger partial charge is 0.122 e. The van der Waals surface area contributed by atoms with Crippen LogP contribution in [0.3, 0.4) is 0 Å². The van der Waals surface area contributed by atoms with Crippen molar-refractivity contribution in [3.05, 3.63) is 95.1 Å². The number of aryl methyl sites for hydroxylation is 1. The fourth-order valence-electron chi connectivity index (χ4n) is 4.13. The molecule has 3 aromatic carbocycles. The molecular formula is C28H34FNO2. The van der Waals surface area contributed by atoms with Gasteiger partial charge in [-0.2, -0.15) is 0 Å². The van der Waals surface area contributed by atoms with E-state index in [1.54, 1.807) is 14.2 Å². The molecule has 0 radical (unpaired) electrons. The second kappa shape index (κ2) is 12.3. The Morgan fingerprint density at radius 2 is 1.28 bits per heavy atom. The monoisotopic (exact) mass is 435 g/mol. The molecule has 0 aliphatic rings. The molecule has 0 aliphatic carbocycles. The Kier molecular flexibility index (Phi) is 9.12. The summed E-state index contributed by atoms with van der Waals surface area (Å²) in [4.78, 5) is 2.22. The van der Waals surface area contributed by atoms with Crippen molar-refractivity contribution < 1.29 is 13.9 Å². The summed E-state index contributed by atoms with van der Waals surface area (Å²) in [6.07, 6.45) is 2.48. The summed E-state index contributed by atoms with van der Waals surface area (Å²) in [7, 11) is 3.37. The predicted molar refractivity (Wildman–Crippen MR) is 129 cm³/mol. The van der Waals surface area contributed by atoms with Gasteiger partial charge in [0.1, 0.15) is 18.2 Å². The van der Waals surface area contributed by atoms with E-state index in [4.69, 9.17) is 9.47 Å². The zero-order chi connectivity index (χ0) is 22.8. The molecule has 0 saturated heterocycles. The third-order valence-electron chi connectivity index (χ3n) is 5.81. The molecular weight excluding hydrogens is 401 g/mol. The fourth-order valence-corrected chi connectivity index (χ4v) is 4.13. The highest BCUT2D eigenvalue weighted by Gasteiger charge is 2.22. The van der Waals surface area contributed by atoms with E-state index in [-0.39, 0.29) is 6.04 Å². The van der Waals surface area contributed by atoms with Crippen molar-refractivity contribution in [2.45, 2.75) is 45.3 Å². The van der Waals surface area contributed by atoms with Crippen LogP contribution in [0.4, 0.5) is 4.39 Å². The average Bonchev–Trinajstić information content (AvgIpc) is 2.84. The molecule has 0 fully saturated rings. The first-order valence-electron chi connectivity index (χ1n) is 11.3. The molecule has 0 spiro atoms. The maximum atomic E-state index is 14.5. The molecule has 3 nitrogen and oxygen atoms in total. The number of benzene rings is 3. The molecule has 0 heterocycles. The van der Waals surface area contributed by atoms with Crippen LogP contribution in [0.5, 0.6) is 11.5 Å². The Balaban J connectivity index is 1.90. The topological polar surface area (TPSA) is 21.7 Å². The number of methoxy groups -OCH3 is 2. The zero-order valence-electron chi connectivity index (χ0n) is 19.4. The number of nitrogens with zero attached hydrogens (tertiary/aromatic N) is 1. The van der Waals surface area contributed by atoms with Crippen molar-refractivity contribution in [1.29, 1.82) is 0 Å². The molecule has 170 valence electrons. The average molecular weight is 436 g/mol. The molecule has 0 saturated carbocycles. The SMILES string of the molecule is CCCc1cc(OC)c(CC(CF)N(Cc2ccccc2)Cc2ccccc2)cc1OC. The van der Waals surface area contributed by atoms with Crippen LogP contribution in [0.25, 0.3) is 0 Å². The molecule has 0 amide bonds. The maximum absolute atomic E-state index is 14.5. The van der Waals surface area contributed by atoms with Gasteiger partial charge < -0.3 is 9.47 Å². The maximum Gasteiger partial charge on any atom is 0.122 e. The Hall–Kier alpha value is -2.85. The van der Waals surface area contributed by atoms with E-state index in [1.165, 1.54) is 11.1 Å². The number of rotatable bonds is 12. The Morgan fingerprint density at radius 3 is 1.75 bits per heavy atom. The lowest BCUT2D eigenvalue weighted by atomic mass is 9.99. The van der Waals surface area contributed by atoms with E-state index in [0.717, 1.165) is 35.5 Å². The number of ether oxygens (including phenoxy) is 2. The summed E-state index contributed by atoms with van der Waals surface area (Å²) in [5.74, 6) is 1.64. The number of halogens is 1. The van der Waals surface area contributed by atoms with Gasteiger partial charge >= 0.3 is 0 Å². The van der Waals surface area contributed by atoms with E-state index in [1.807, 2.05) is 48.5 Å². The van der Waals surface area contributed by atoms with Crippen molar-refractivity contribution in [3.8, 4) is 11.5 Å². The summed E-state index contributed by atoms with van der Waals surface area (Å²) in [6.45, 7) is 3.06. The lowest BCUT2D eigenvalue weighted by Gasteiger charge is -2.31. The van der Waals surface area contributed by atoms with Gasteiger partial charge in [-0.15, -0.1) is 0 Å². The predicted octanol–water partition coefficient (Wildman–Crippen LogP) is 6.24. The van der Waals surface area contributed by atoms with Crippen LogP contribution in [0.2, 0.25) is 0 Å². The van der Waals surface area contributed by atoms with Gasteiger partial charge in [0.2, 0.25) is 0 Å². The minimum atomic E-state index is -0.443. The van der Waals surface area contributed by atoms with E-state index in [0.29, 0.717) is 19.5 Å². The summed E-state index contributed by atoms with van der Waals surface area (Å²) >= 11 is 0. The van der Waals surface area contributed by atoms with E-state index in [9.17, 15) is 4.39 Å². The molecule has 32 heavy (non-hydrogen) atoms. The molecule has 1 atom stereocenters. The molecule has 3 rings (SSSR count). The first-order valence-corrected chi connectivity index (χ1v) is 11.3. The van der Waals surface area contributed by atoms with E-state index in [2.05, 4.69) is 36.1 Å². The van der Waals surface area contributed by atoms with Crippen LogP contribution in [-0.4, -0.2) is 31.8 Å². The van der Waals surface area contributed by atoms with Crippen LogP contribution >= 0.6 is 0 Å². The molecule has 0 N–H and O–H groups in total. The van der Waals surface area contributed by atoms with Crippen molar-refractivity contribution >= 4 is 0 Å². The number of hydrogen-bond donors (Lipinski definition) is 0. The van der Waals surface area contributed by atoms with E-state index >= 15 is 0 Å². The van der Waals surface area contributed by atoms with E-state index < -0.39 is 6.67 Å². The van der Waals surface area contributed by atoms with Gasteiger partial charge in [0.05, 0.1) is 14.2 Å². The van der Waals surface area contributed by atoms with Crippen LogP contribution in [0, 0.1) is 0 Å². The van der Waals surface area contributed by atoms with Gasteiger partial charge in [0, 0.05) is 19.1 Å². The van der Waals surface area contributed by atoms with Crippen molar-refractivity contribution in [2.24, 2.45) is 0 Å². The van der Waals surface area contributed by atoms with Crippen molar-refractivity contribution in [2.75, 3.05) is 20.9 Å². The molecule has 0 bridgehead atoms. The Morgan fingerprint density at radius 1 is 0.781 bits per heavy atom. The van der Waals surface area contributed by atoms with Crippen LogP contribution in [0.15, 0.2) is 72.8 Å². The second-order valence-corrected chi connectivity index (χ2v) is 8.11. The summed E-state index contributed by atoms with van der Waals surface area (Å²) in [6, 6.07) is 24.3. The summed E-state index contributed by atoms with van der Waals surface area (Å²) in [5, 5.41) is 0. The highest BCUT2D eigenvalue weighted by atomic mass is 19.1. The Bertz CT molecular complexity index is 905. The van der Waals surface area contributed by atoms with Crippen LogP contribution in [-0.2, 0) is 25.9 Å². The zero-order valence-corrected chi connectivity index (χ0v) is 19.4. The summed E-state index contributed by atoms with van der Waals surface area (Å²) in [5.41, 5.74) is 4.44. The Labute approximate surface area is 191 Å². The fraction of sp³-hybridized carbons (Fsp3) is 0.357. The van der Waals surface area contributed by atoms with Crippen LogP contribution in [0.1, 0.15) is 35.6 Å². The molecule has 0 aliphatic heterocycles. The normalized spacial score (nSPS) is 12.0. The quantitative estimate of drug-likeness (QED) is 0.336. The minimum absolute atomic E-state index is 0.286. The van der Waals surface area contributed by atoms with Gasteiger partial charge in [-0.05, 0) is 47.2 Å². The van der Waals surface area contributed by atoms with Gasteiger partial charge in [-0.3, -0.25) is 4.90 Å². The van der Waals surface area contributed by atoms with Crippen molar-refractivity contribution in [1.82, 2.24) is 4.90 Å². The molecule has 4 heteroatoms. The lowest BCUT2D eigenvalue weighted by molar-refractivity contribution is 0.147. The largest absolute Gasteiger partial charge is 0.496 e. The van der Waals surface area contributed by atoms with Crippen LogP contribution < -0.4 is 9.47 Å². The lowest BCUT2D eigenvalue weighted by Crippen LogP contribution is -2.37. The standard InChI is InChI=1S/C28H34FNO2/c1-4-11-24-17-28(32-3)25(18-27(24)31-2)16-26(19-29)30(20-22-12-7-5-8-13-22)21-23-14-9-6-10-15-23/h5-10,12-15,17-18,26H,4,11,16,19-21H2,1-3H3. The van der Waals surface area contributed by atoms with Gasteiger partial charge in [0.15, 0.2) is 0 Å². The van der Waals surface area contributed by atoms with Gasteiger partial charge in [-0.1, -0.05) is 74.0 Å². The minimum Gasteiger partial charge on any atom is -0.496 e. The molecule has 0 aromatic heterocycles.